The number of amidine groups is 1. The van der Waals surface area contributed by atoms with Crippen LogP contribution in [0.4, 0.5) is 0 Å². The van der Waals surface area contributed by atoms with Crippen LogP contribution in [0.2, 0.25) is 5.02 Å². The van der Waals surface area contributed by atoms with Crippen LogP contribution in [0.25, 0.3) is 0 Å². The van der Waals surface area contributed by atoms with Crippen molar-refractivity contribution in [1.82, 2.24) is 0 Å². The number of nitrogens with two attached hydrogens (primary N) is 1. The third-order valence-corrected chi connectivity index (χ3v) is 3.47. The first kappa shape index (κ1) is 14.7. The molecule has 2 aromatic rings. The predicted molar refractivity (Wildman–Crippen MR) is 82.4 cm³/mol. The summed E-state index contributed by atoms with van der Waals surface area (Å²) in [6.07, 6.45) is 0. The Kier molecular flexibility index (Phi) is 4.87. The van der Waals surface area contributed by atoms with Gasteiger partial charge in [-0.3, -0.25) is 0 Å². The Morgan fingerprint density at radius 3 is 2.55 bits per heavy atom. The van der Waals surface area contributed by atoms with Crippen molar-refractivity contribution in [2.24, 2.45) is 10.9 Å². The Balaban J connectivity index is 2.08. The van der Waals surface area contributed by atoms with Gasteiger partial charge in [0.25, 0.3) is 0 Å². The molecule has 6 heteroatoms. The van der Waals surface area contributed by atoms with E-state index < -0.39 is 0 Å². The first-order valence-corrected chi connectivity index (χ1v) is 6.92. The van der Waals surface area contributed by atoms with Crippen LogP contribution in [0, 0.1) is 0 Å². The molecule has 2 aromatic carbocycles. The molecule has 0 aliphatic carbocycles. The molecule has 104 valence electrons. The molecule has 0 aromatic heterocycles. The van der Waals surface area contributed by atoms with E-state index in [2.05, 4.69) is 21.1 Å². The van der Waals surface area contributed by atoms with Crippen LogP contribution in [0.5, 0.6) is 5.75 Å². The van der Waals surface area contributed by atoms with Crippen LogP contribution >= 0.6 is 27.5 Å². The number of oxime groups is 1. The number of nitrogens with zero attached hydrogens (tertiary/aromatic N) is 1. The van der Waals surface area contributed by atoms with Gasteiger partial charge in [0.2, 0.25) is 0 Å². The molecular weight excluding hydrogens is 344 g/mol. The van der Waals surface area contributed by atoms with Crippen molar-refractivity contribution in [2.45, 2.75) is 6.61 Å². The first-order valence-electron chi connectivity index (χ1n) is 5.75. The fourth-order valence-electron chi connectivity index (χ4n) is 1.58. The van der Waals surface area contributed by atoms with E-state index >= 15 is 0 Å². The number of hydrogen-bond donors (Lipinski definition) is 2. The Labute approximate surface area is 129 Å². The summed E-state index contributed by atoms with van der Waals surface area (Å²) >= 11 is 9.47. The van der Waals surface area contributed by atoms with Crippen molar-refractivity contribution < 1.29 is 9.94 Å². The maximum absolute atomic E-state index is 8.61. The lowest BCUT2D eigenvalue weighted by Gasteiger charge is -2.09. The van der Waals surface area contributed by atoms with Gasteiger partial charge < -0.3 is 15.7 Å². The normalized spacial score (nSPS) is 11.4. The van der Waals surface area contributed by atoms with Gasteiger partial charge in [0.1, 0.15) is 12.4 Å². The van der Waals surface area contributed by atoms with Gasteiger partial charge in [0.15, 0.2) is 5.84 Å². The van der Waals surface area contributed by atoms with Crippen molar-refractivity contribution in [3.05, 3.63) is 63.1 Å². The van der Waals surface area contributed by atoms with Crippen molar-refractivity contribution >= 4 is 33.4 Å². The van der Waals surface area contributed by atoms with Crippen LogP contribution < -0.4 is 10.5 Å². The minimum atomic E-state index is 0.00589. The summed E-state index contributed by atoms with van der Waals surface area (Å²) in [5.41, 5.74) is 7.06. The Morgan fingerprint density at radius 2 is 1.95 bits per heavy atom. The summed E-state index contributed by atoms with van der Waals surface area (Å²) in [6.45, 7) is 0.413. The van der Waals surface area contributed by atoms with Gasteiger partial charge in [-0.25, -0.2) is 0 Å². The lowest BCUT2D eigenvalue weighted by Crippen LogP contribution is -2.12. The number of rotatable bonds is 4. The SMILES string of the molecule is NC(=NO)c1ccc(OCc2ccc(Br)cc2)c(Cl)c1. The van der Waals surface area contributed by atoms with Crippen LogP contribution in [-0.4, -0.2) is 11.0 Å². The molecule has 0 unspecified atom stereocenters. The van der Waals surface area contributed by atoms with Crippen molar-refractivity contribution in [1.29, 1.82) is 0 Å². The van der Waals surface area contributed by atoms with Gasteiger partial charge in [0, 0.05) is 10.0 Å². The van der Waals surface area contributed by atoms with E-state index in [0.717, 1.165) is 10.0 Å². The molecule has 0 spiro atoms. The fourth-order valence-corrected chi connectivity index (χ4v) is 2.08. The van der Waals surface area contributed by atoms with E-state index in [0.29, 0.717) is 22.9 Å². The monoisotopic (exact) mass is 354 g/mol. The Hall–Kier alpha value is -1.72. The number of hydrogen-bond acceptors (Lipinski definition) is 3. The quantitative estimate of drug-likeness (QED) is 0.379. The Morgan fingerprint density at radius 1 is 1.25 bits per heavy atom. The molecule has 0 heterocycles. The van der Waals surface area contributed by atoms with Gasteiger partial charge in [-0.05, 0) is 35.9 Å². The zero-order valence-corrected chi connectivity index (χ0v) is 12.7. The predicted octanol–water partition coefficient (Wildman–Crippen LogP) is 3.78. The van der Waals surface area contributed by atoms with Crippen LogP contribution in [0.3, 0.4) is 0 Å². The molecule has 0 atom stereocenters. The zero-order chi connectivity index (χ0) is 14.5. The second-order valence-corrected chi connectivity index (χ2v) is 5.37. The van der Waals surface area contributed by atoms with Crippen molar-refractivity contribution in [3.63, 3.8) is 0 Å². The highest BCUT2D eigenvalue weighted by Crippen LogP contribution is 2.26. The van der Waals surface area contributed by atoms with Crippen molar-refractivity contribution in [3.8, 4) is 5.75 Å². The molecule has 0 aliphatic heterocycles. The summed E-state index contributed by atoms with van der Waals surface area (Å²) in [4.78, 5) is 0. The highest BCUT2D eigenvalue weighted by molar-refractivity contribution is 9.10. The molecule has 0 saturated carbocycles. The van der Waals surface area contributed by atoms with Crippen LogP contribution in [-0.2, 0) is 6.61 Å². The minimum Gasteiger partial charge on any atom is -0.487 e. The summed E-state index contributed by atoms with van der Waals surface area (Å²) in [7, 11) is 0. The van der Waals surface area contributed by atoms with E-state index in [-0.39, 0.29) is 5.84 Å². The second-order valence-electron chi connectivity index (χ2n) is 4.05. The van der Waals surface area contributed by atoms with E-state index in [1.54, 1.807) is 18.2 Å². The molecule has 0 amide bonds. The largest absolute Gasteiger partial charge is 0.487 e. The number of halogens is 2. The zero-order valence-electron chi connectivity index (χ0n) is 10.4. The standard InChI is InChI=1S/C14H12BrClN2O2/c15-11-4-1-9(2-5-11)8-20-13-6-3-10(7-12(13)16)14(17)18-19/h1-7,19H,8H2,(H2,17,18). The maximum atomic E-state index is 8.61. The molecule has 4 nitrogen and oxygen atoms in total. The van der Waals surface area contributed by atoms with Gasteiger partial charge in [-0.2, -0.15) is 0 Å². The number of ether oxygens (including phenoxy) is 1. The molecule has 0 radical (unpaired) electrons. The molecule has 20 heavy (non-hydrogen) atoms. The Bertz CT molecular complexity index is 630. The first-order chi connectivity index (χ1) is 9.60. The summed E-state index contributed by atoms with van der Waals surface area (Å²) in [5.74, 6) is 0.551. The van der Waals surface area contributed by atoms with Gasteiger partial charge >= 0.3 is 0 Å². The highest BCUT2D eigenvalue weighted by Gasteiger charge is 2.06. The minimum absolute atomic E-state index is 0.00589. The molecule has 0 saturated heterocycles. The average molecular weight is 356 g/mol. The highest BCUT2D eigenvalue weighted by atomic mass is 79.9. The molecular formula is C14H12BrClN2O2. The lowest BCUT2D eigenvalue weighted by atomic mass is 10.2. The number of benzene rings is 2. The molecule has 0 bridgehead atoms. The summed E-state index contributed by atoms with van der Waals surface area (Å²) < 4.78 is 6.66. The molecule has 0 aliphatic rings. The van der Waals surface area contributed by atoms with E-state index in [9.17, 15) is 0 Å². The molecule has 0 fully saturated rings. The third-order valence-electron chi connectivity index (χ3n) is 2.64. The van der Waals surface area contributed by atoms with E-state index in [1.165, 1.54) is 0 Å². The fraction of sp³-hybridized carbons (Fsp3) is 0.0714. The van der Waals surface area contributed by atoms with Crippen molar-refractivity contribution in [2.75, 3.05) is 0 Å². The summed E-state index contributed by atoms with van der Waals surface area (Å²) in [6, 6.07) is 12.8. The molecule has 2 rings (SSSR count). The van der Waals surface area contributed by atoms with Gasteiger partial charge in [0.05, 0.1) is 5.02 Å². The third kappa shape index (κ3) is 3.65. The summed E-state index contributed by atoms with van der Waals surface area (Å²) in [5, 5.41) is 11.9. The smallest absolute Gasteiger partial charge is 0.170 e. The average Bonchev–Trinajstić information content (AvgIpc) is 2.46. The van der Waals surface area contributed by atoms with E-state index in [1.807, 2.05) is 24.3 Å². The lowest BCUT2D eigenvalue weighted by molar-refractivity contribution is 0.306. The van der Waals surface area contributed by atoms with Gasteiger partial charge in [-0.1, -0.05) is 44.8 Å². The van der Waals surface area contributed by atoms with E-state index in [4.69, 9.17) is 27.3 Å². The second kappa shape index (κ2) is 6.63. The van der Waals surface area contributed by atoms with Crippen LogP contribution in [0.15, 0.2) is 52.1 Å². The topological polar surface area (TPSA) is 67.8 Å². The molecule has 3 N–H and O–H groups in total. The van der Waals surface area contributed by atoms with Gasteiger partial charge in [-0.15, -0.1) is 0 Å². The maximum Gasteiger partial charge on any atom is 0.170 e. The van der Waals surface area contributed by atoms with Crippen LogP contribution in [0.1, 0.15) is 11.1 Å².